The van der Waals surface area contributed by atoms with Crippen LogP contribution in [0.2, 0.25) is 0 Å². The summed E-state index contributed by atoms with van der Waals surface area (Å²) in [5.41, 5.74) is 1.60. The van der Waals surface area contributed by atoms with E-state index in [1.807, 2.05) is 19.1 Å². The van der Waals surface area contributed by atoms with E-state index in [1.165, 1.54) is 4.31 Å². The number of furan rings is 1. The molecule has 1 aliphatic heterocycles. The van der Waals surface area contributed by atoms with Crippen LogP contribution < -0.4 is 4.72 Å². The molecular formula is C14H16N2O4S. The lowest BCUT2D eigenvalue weighted by Gasteiger charge is -2.14. The number of hydrogen-bond acceptors (Lipinski definition) is 4. The van der Waals surface area contributed by atoms with Gasteiger partial charge in [0.25, 0.3) is 0 Å². The molecule has 0 aliphatic carbocycles. The Hall–Kier alpha value is -1.86. The third-order valence-electron chi connectivity index (χ3n) is 3.52. The number of nitrogens with one attached hydrogen (secondary N) is 1. The number of hydrogen-bond donors (Lipinski definition) is 1. The van der Waals surface area contributed by atoms with Gasteiger partial charge in [0.15, 0.2) is 5.76 Å². The van der Waals surface area contributed by atoms with Gasteiger partial charge in [-0.05, 0) is 38.0 Å². The van der Waals surface area contributed by atoms with Crippen LogP contribution in [0.15, 0.2) is 28.7 Å². The van der Waals surface area contributed by atoms with Gasteiger partial charge in [-0.2, -0.15) is 12.7 Å². The molecule has 1 aromatic heterocycles. The maximum absolute atomic E-state index is 12.1. The maximum Gasteiger partial charge on any atom is 0.304 e. The molecule has 1 aromatic carbocycles. The van der Waals surface area contributed by atoms with Crippen LogP contribution >= 0.6 is 0 Å². The van der Waals surface area contributed by atoms with Gasteiger partial charge in [-0.3, -0.25) is 4.79 Å². The fourth-order valence-electron chi connectivity index (χ4n) is 2.44. The fraction of sp³-hybridized carbons (Fsp3) is 0.357. The number of rotatable bonds is 3. The third-order valence-corrected chi connectivity index (χ3v) is 5.01. The molecule has 0 radical (unpaired) electrons. The minimum absolute atomic E-state index is 0.00151. The van der Waals surface area contributed by atoms with E-state index >= 15 is 0 Å². The molecule has 21 heavy (non-hydrogen) atoms. The highest BCUT2D eigenvalue weighted by atomic mass is 32.2. The lowest BCUT2D eigenvalue weighted by atomic mass is 10.2. The first-order valence-electron chi connectivity index (χ1n) is 6.78. The van der Waals surface area contributed by atoms with E-state index in [0.717, 1.165) is 23.8 Å². The molecule has 1 aliphatic rings. The summed E-state index contributed by atoms with van der Waals surface area (Å²) < 4.78 is 32.8. The molecule has 2 heterocycles. The minimum atomic E-state index is -3.78. The number of amides is 1. The van der Waals surface area contributed by atoms with E-state index in [-0.39, 0.29) is 5.76 Å². The Labute approximate surface area is 122 Å². The molecule has 6 nitrogen and oxygen atoms in total. The van der Waals surface area contributed by atoms with Crippen molar-refractivity contribution in [2.24, 2.45) is 0 Å². The number of carbonyl (C=O) groups excluding carboxylic acids is 1. The minimum Gasteiger partial charge on any atom is -0.451 e. The predicted octanol–water partition coefficient (Wildman–Crippen LogP) is 1.81. The number of carbonyl (C=O) groups is 1. The summed E-state index contributed by atoms with van der Waals surface area (Å²) >= 11 is 0. The summed E-state index contributed by atoms with van der Waals surface area (Å²) in [5, 5.41) is 0.777. The average molecular weight is 308 g/mol. The zero-order valence-corrected chi connectivity index (χ0v) is 12.4. The summed E-state index contributed by atoms with van der Waals surface area (Å²) in [6.07, 6.45) is 1.64. The van der Waals surface area contributed by atoms with E-state index in [1.54, 1.807) is 12.1 Å². The SMILES string of the molecule is Cc1ccc2oc(C(=O)NS(=O)(=O)N3CCCC3)cc2c1. The lowest BCUT2D eigenvalue weighted by molar-refractivity contribution is 0.0954. The molecule has 2 aromatic rings. The van der Waals surface area contributed by atoms with E-state index < -0.39 is 16.1 Å². The van der Waals surface area contributed by atoms with Crippen LogP contribution in [0.3, 0.4) is 0 Å². The van der Waals surface area contributed by atoms with Gasteiger partial charge >= 0.3 is 16.1 Å². The first-order chi connectivity index (χ1) is 9.95. The smallest absolute Gasteiger partial charge is 0.304 e. The maximum atomic E-state index is 12.1. The molecule has 1 saturated heterocycles. The van der Waals surface area contributed by atoms with Gasteiger partial charge in [-0.1, -0.05) is 11.6 Å². The second-order valence-electron chi connectivity index (χ2n) is 5.19. The van der Waals surface area contributed by atoms with Gasteiger partial charge in [0, 0.05) is 18.5 Å². The van der Waals surface area contributed by atoms with Crippen LogP contribution in [0, 0.1) is 6.92 Å². The van der Waals surface area contributed by atoms with E-state index in [0.29, 0.717) is 18.7 Å². The quantitative estimate of drug-likeness (QED) is 0.938. The molecule has 1 N–H and O–H groups in total. The summed E-state index contributed by atoms with van der Waals surface area (Å²) in [4.78, 5) is 12.1. The van der Waals surface area contributed by atoms with E-state index in [4.69, 9.17) is 4.42 Å². The highest BCUT2D eigenvalue weighted by Crippen LogP contribution is 2.21. The summed E-state index contributed by atoms with van der Waals surface area (Å²) in [5.74, 6) is -0.742. The predicted molar refractivity (Wildman–Crippen MR) is 78.1 cm³/mol. The van der Waals surface area contributed by atoms with Crippen molar-refractivity contribution in [2.75, 3.05) is 13.1 Å². The second-order valence-corrected chi connectivity index (χ2v) is 6.86. The van der Waals surface area contributed by atoms with Gasteiger partial charge in [0.05, 0.1) is 0 Å². The zero-order valence-electron chi connectivity index (χ0n) is 11.6. The van der Waals surface area contributed by atoms with Crippen LogP contribution in [-0.4, -0.2) is 31.7 Å². The van der Waals surface area contributed by atoms with Crippen molar-refractivity contribution >= 4 is 27.1 Å². The first-order valence-corrected chi connectivity index (χ1v) is 8.22. The normalized spacial score (nSPS) is 16.4. The molecule has 1 amide bonds. The van der Waals surface area contributed by atoms with Crippen molar-refractivity contribution < 1.29 is 17.6 Å². The molecule has 112 valence electrons. The summed E-state index contributed by atoms with van der Waals surface area (Å²) in [6.45, 7) is 2.83. The van der Waals surface area contributed by atoms with Crippen molar-refractivity contribution in [3.63, 3.8) is 0 Å². The highest BCUT2D eigenvalue weighted by molar-refractivity contribution is 7.87. The number of aryl methyl sites for hydroxylation is 1. The first kappa shape index (κ1) is 14.1. The average Bonchev–Trinajstić information content (AvgIpc) is 3.07. The Bertz CT molecular complexity index is 788. The van der Waals surface area contributed by atoms with Crippen LogP contribution in [0.25, 0.3) is 11.0 Å². The van der Waals surface area contributed by atoms with Crippen molar-refractivity contribution in [1.82, 2.24) is 9.03 Å². The largest absolute Gasteiger partial charge is 0.451 e. The van der Waals surface area contributed by atoms with Crippen molar-refractivity contribution in [1.29, 1.82) is 0 Å². The van der Waals surface area contributed by atoms with Gasteiger partial charge in [-0.25, -0.2) is 4.72 Å². The second kappa shape index (κ2) is 5.16. The third kappa shape index (κ3) is 2.79. The molecule has 0 atom stereocenters. The van der Waals surface area contributed by atoms with Crippen LogP contribution in [0.4, 0.5) is 0 Å². The van der Waals surface area contributed by atoms with E-state index in [9.17, 15) is 13.2 Å². The number of nitrogens with zero attached hydrogens (tertiary/aromatic N) is 1. The molecule has 0 bridgehead atoms. The van der Waals surface area contributed by atoms with Gasteiger partial charge in [0.1, 0.15) is 5.58 Å². The molecule has 0 spiro atoms. The Morgan fingerprint density at radius 1 is 1.24 bits per heavy atom. The molecule has 0 saturated carbocycles. The number of benzene rings is 1. The molecule has 7 heteroatoms. The monoisotopic (exact) mass is 308 g/mol. The molecule has 0 unspecified atom stereocenters. The standard InChI is InChI=1S/C14H16N2O4S/c1-10-4-5-12-11(8-10)9-13(20-12)14(17)15-21(18,19)16-6-2-3-7-16/h4-5,8-9H,2-3,6-7H2,1H3,(H,15,17). The van der Waals surface area contributed by atoms with Crippen molar-refractivity contribution in [3.05, 3.63) is 35.6 Å². The van der Waals surface area contributed by atoms with Gasteiger partial charge in [0.2, 0.25) is 0 Å². The van der Waals surface area contributed by atoms with E-state index in [2.05, 4.69) is 4.72 Å². The Kier molecular flexibility index (Phi) is 3.46. The Morgan fingerprint density at radius 3 is 2.67 bits per heavy atom. The fourth-order valence-corrected chi connectivity index (χ4v) is 3.64. The lowest BCUT2D eigenvalue weighted by Crippen LogP contribution is -2.41. The summed E-state index contributed by atoms with van der Waals surface area (Å²) in [7, 11) is -3.78. The highest BCUT2D eigenvalue weighted by Gasteiger charge is 2.28. The van der Waals surface area contributed by atoms with Crippen LogP contribution in [0.5, 0.6) is 0 Å². The van der Waals surface area contributed by atoms with Gasteiger partial charge < -0.3 is 4.42 Å². The molecular weight excluding hydrogens is 292 g/mol. The zero-order chi connectivity index (χ0) is 15.0. The van der Waals surface area contributed by atoms with Crippen LogP contribution in [0.1, 0.15) is 29.0 Å². The van der Waals surface area contributed by atoms with Gasteiger partial charge in [-0.15, -0.1) is 0 Å². The van der Waals surface area contributed by atoms with Crippen molar-refractivity contribution in [3.8, 4) is 0 Å². The molecule has 1 fully saturated rings. The number of fused-ring (bicyclic) bond motifs is 1. The van der Waals surface area contributed by atoms with Crippen molar-refractivity contribution in [2.45, 2.75) is 19.8 Å². The molecule has 3 rings (SSSR count). The summed E-state index contributed by atoms with van der Waals surface area (Å²) in [6, 6.07) is 7.06. The van der Waals surface area contributed by atoms with Crippen LogP contribution in [-0.2, 0) is 10.2 Å². The topological polar surface area (TPSA) is 79.6 Å². The Morgan fingerprint density at radius 2 is 1.95 bits per heavy atom. The Balaban J connectivity index is 1.83.